The van der Waals surface area contributed by atoms with E-state index in [9.17, 15) is 5.11 Å². The van der Waals surface area contributed by atoms with Gasteiger partial charge >= 0.3 is 0 Å². The van der Waals surface area contributed by atoms with Crippen molar-refractivity contribution in [3.8, 4) is 0 Å². The molecule has 94 valence electrons. The third-order valence-electron chi connectivity index (χ3n) is 3.47. The van der Waals surface area contributed by atoms with Crippen LogP contribution in [-0.2, 0) is 11.2 Å². The molecule has 1 aliphatic heterocycles. The van der Waals surface area contributed by atoms with Crippen LogP contribution in [0.15, 0.2) is 24.3 Å². The smallest absolute Gasteiger partial charge is 0.0840 e. The molecule has 1 aliphatic rings. The van der Waals surface area contributed by atoms with Gasteiger partial charge in [-0.3, -0.25) is 0 Å². The Labute approximate surface area is 104 Å². The maximum Gasteiger partial charge on any atom is 0.0840 e. The first-order valence-electron chi connectivity index (χ1n) is 6.66. The summed E-state index contributed by atoms with van der Waals surface area (Å²) in [5, 5.41) is 10.4. The molecule has 1 aromatic rings. The molecule has 0 saturated carbocycles. The van der Waals surface area contributed by atoms with Gasteiger partial charge in [0.15, 0.2) is 0 Å². The molecule has 0 radical (unpaired) electrons. The van der Waals surface area contributed by atoms with E-state index in [1.807, 2.05) is 12.1 Å². The molecule has 1 heterocycles. The van der Waals surface area contributed by atoms with Crippen LogP contribution < -0.4 is 0 Å². The van der Waals surface area contributed by atoms with Crippen LogP contribution in [-0.4, -0.2) is 18.3 Å². The van der Waals surface area contributed by atoms with Crippen LogP contribution in [0, 0.1) is 5.92 Å². The van der Waals surface area contributed by atoms with Crippen LogP contribution in [0.4, 0.5) is 0 Å². The highest BCUT2D eigenvalue weighted by Crippen LogP contribution is 2.29. The third kappa shape index (κ3) is 3.30. The SMILES string of the molecule is CCCc1cccc(C(O)C2CCCOC2)c1. The Bertz CT molecular complexity index is 343. The highest BCUT2D eigenvalue weighted by Gasteiger charge is 2.23. The first-order valence-corrected chi connectivity index (χ1v) is 6.66. The van der Waals surface area contributed by atoms with Crippen LogP contribution in [0.2, 0.25) is 0 Å². The molecular weight excluding hydrogens is 212 g/mol. The Morgan fingerprint density at radius 1 is 1.47 bits per heavy atom. The molecule has 1 fully saturated rings. The number of hydrogen-bond acceptors (Lipinski definition) is 2. The van der Waals surface area contributed by atoms with Crippen molar-refractivity contribution in [3.05, 3.63) is 35.4 Å². The zero-order valence-corrected chi connectivity index (χ0v) is 10.6. The average molecular weight is 234 g/mol. The van der Waals surface area contributed by atoms with Gasteiger partial charge in [0.05, 0.1) is 12.7 Å². The minimum absolute atomic E-state index is 0.264. The van der Waals surface area contributed by atoms with Crippen LogP contribution in [0.3, 0.4) is 0 Å². The summed E-state index contributed by atoms with van der Waals surface area (Å²) >= 11 is 0. The standard InChI is InChI=1S/C15H22O2/c1-2-5-12-6-3-7-13(10-12)15(16)14-8-4-9-17-11-14/h3,6-7,10,14-16H,2,4-5,8-9,11H2,1H3. The van der Waals surface area contributed by atoms with Crippen molar-refractivity contribution in [1.29, 1.82) is 0 Å². The molecule has 2 heteroatoms. The largest absolute Gasteiger partial charge is 0.388 e. The zero-order chi connectivity index (χ0) is 12.1. The van der Waals surface area contributed by atoms with Crippen molar-refractivity contribution in [3.63, 3.8) is 0 Å². The monoisotopic (exact) mass is 234 g/mol. The van der Waals surface area contributed by atoms with E-state index in [4.69, 9.17) is 4.74 Å². The van der Waals surface area contributed by atoms with Crippen molar-refractivity contribution in [2.75, 3.05) is 13.2 Å². The molecule has 2 atom stereocenters. The van der Waals surface area contributed by atoms with Gasteiger partial charge in [-0.1, -0.05) is 37.6 Å². The Morgan fingerprint density at radius 2 is 2.35 bits per heavy atom. The lowest BCUT2D eigenvalue weighted by Crippen LogP contribution is -2.23. The number of rotatable bonds is 4. The van der Waals surface area contributed by atoms with Gasteiger partial charge < -0.3 is 9.84 Å². The molecule has 1 saturated heterocycles. The molecular formula is C15H22O2. The normalized spacial score (nSPS) is 22.4. The van der Waals surface area contributed by atoms with E-state index in [1.54, 1.807) is 0 Å². The van der Waals surface area contributed by atoms with Crippen molar-refractivity contribution < 1.29 is 9.84 Å². The van der Waals surface area contributed by atoms with Gasteiger partial charge in [-0.25, -0.2) is 0 Å². The molecule has 1 aromatic carbocycles. The lowest BCUT2D eigenvalue weighted by molar-refractivity contribution is -0.00998. The molecule has 0 amide bonds. The van der Waals surface area contributed by atoms with E-state index in [1.165, 1.54) is 5.56 Å². The molecule has 2 nitrogen and oxygen atoms in total. The Balaban J connectivity index is 2.06. The fraction of sp³-hybridized carbons (Fsp3) is 0.600. The number of ether oxygens (including phenoxy) is 1. The van der Waals surface area contributed by atoms with Crippen LogP contribution in [0.1, 0.15) is 43.4 Å². The minimum Gasteiger partial charge on any atom is -0.388 e. The fourth-order valence-corrected chi connectivity index (χ4v) is 2.51. The second-order valence-electron chi connectivity index (χ2n) is 4.92. The maximum absolute atomic E-state index is 10.4. The molecule has 2 unspecified atom stereocenters. The number of benzene rings is 1. The van der Waals surface area contributed by atoms with Crippen LogP contribution in [0.5, 0.6) is 0 Å². The van der Waals surface area contributed by atoms with Gasteiger partial charge in [0.25, 0.3) is 0 Å². The van der Waals surface area contributed by atoms with E-state index >= 15 is 0 Å². The highest BCUT2D eigenvalue weighted by molar-refractivity contribution is 5.25. The summed E-state index contributed by atoms with van der Waals surface area (Å²) in [6.07, 6.45) is 4.00. The summed E-state index contributed by atoms with van der Waals surface area (Å²) in [5.41, 5.74) is 2.37. The van der Waals surface area contributed by atoms with Gasteiger partial charge in [0, 0.05) is 12.5 Å². The van der Waals surface area contributed by atoms with Gasteiger partial charge in [0.2, 0.25) is 0 Å². The summed E-state index contributed by atoms with van der Waals surface area (Å²) in [6, 6.07) is 8.35. The fourth-order valence-electron chi connectivity index (χ4n) is 2.51. The lowest BCUT2D eigenvalue weighted by Gasteiger charge is -2.27. The Kier molecular flexibility index (Phi) is 4.57. The molecule has 0 aliphatic carbocycles. The number of aryl methyl sites for hydroxylation is 1. The van der Waals surface area contributed by atoms with Crippen LogP contribution >= 0.6 is 0 Å². The summed E-state index contributed by atoms with van der Waals surface area (Å²) in [4.78, 5) is 0. The number of hydrogen-bond donors (Lipinski definition) is 1. The first-order chi connectivity index (χ1) is 8.31. The summed E-state index contributed by atoms with van der Waals surface area (Å²) < 4.78 is 5.44. The van der Waals surface area contributed by atoms with Crippen molar-refractivity contribution in [2.24, 2.45) is 5.92 Å². The summed E-state index contributed by atoms with van der Waals surface area (Å²) in [6.45, 7) is 3.72. The zero-order valence-electron chi connectivity index (χ0n) is 10.6. The van der Waals surface area contributed by atoms with Gasteiger partial charge in [-0.2, -0.15) is 0 Å². The highest BCUT2D eigenvalue weighted by atomic mass is 16.5. The third-order valence-corrected chi connectivity index (χ3v) is 3.47. The summed E-state index contributed by atoms with van der Waals surface area (Å²) in [7, 11) is 0. The van der Waals surface area contributed by atoms with E-state index in [2.05, 4.69) is 19.1 Å². The van der Waals surface area contributed by atoms with Crippen LogP contribution in [0.25, 0.3) is 0 Å². The van der Waals surface area contributed by atoms with E-state index in [0.717, 1.165) is 37.9 Å². The summed E-state index contributed by atoms with van der Waals surface area (Å²) in [5.74, 6) is 0.264. The Morgan fingerprint density at radius 3 is 3.06 bits per heavy atom. The van der Waals surface area contributed by atoms with Gasteiger partial charge in [-0.05, 0) is 30.4 Å². The van der Waals surface area contributed by atoms with Gasteiger partial charge in [0.1, 0.15) is 0 Å². The average Bonchev–Trinajstić information content (AvgIpc) is 2.40. The Hall–Kier alpha value is -0.860. The topological polar surface area (TPSA) is 29.5 Å². The molecule has 0 spiro atoms. The number of aliphatic hydroxyl groups is 1. The molecule has 1 N–H and O–H groups in total. The van der Waals surface area contributed by atoms with Crippen molar-refractivity contribution in [1.82, 2.24) is 0 Å². The molecule has 2 rings (SSSR count). The predicted octanol–water partition coefficient (Wildman–Crippen LogP) is 3.10. The van der Waals surface area contributed by atoms with E-state index < -0.39 is 0 Å². The van der Waals surface area contributed by atoms with Crippen molar-refractivity contribution in [2.45, 2.75) is 38.7 Å². The second kappa shape index (κ2) is 6.18. The van der Waals surface area contributed by atoms with Gasteiger partial charge in [-0.15, -0.1) is 0 Å². The minimum atomic E-state index is -0.368. The quantitative estimate of drug-likeness (QED) is 0.867. The second-order valence-corrected chi connectivity index (χ2v) is 4.92. The van der Waals surface area contributed by atoms with E-state index in [-0.39, 0.29) is 12.0 Å². The van der Waals surface area contributed by atoms with E-state index in [0.29, 0.717) is 6.61 Å². The molecule has 0 aromatic heterocycles. The van der Waals surface area contributed by atoms with Crippen molar-refractivity contribution >= 4 is 0 Å². The maximum atomic E-state index is 10.4. The molecule has 17 heavy (non-hydrogen) atoms. The first kappa shape index (κ1) is 12.6. The lowest BCUT2D eigenvalue weighted by atomic mass is 9.90. The predicted molar refractivity (Wildman–Crippen MR) is 68.9 cm³/mol. The molecule has 0 bridgehead atoms. The number of aliphatic hydroxyl groups excluding tert-OH is 1.